The molecule has 0 radical (unpaired) electrons. The molecule has 8 aromatic rings. The molecule has 10 heterocycles. The molecule has 0 spiro atoms. The Morgan fingerprint density at radius 2 is 1.01 bits per heavy atom. The first kappa shape index (κ1) is 48.1. The Bertz CT molecular complexity index is 3730. The highest BCUT2D eigenvalue weighted by Gasteiger charge is 2.45. The molecule has 20 nitrogen and oxygen atoms in total. The number of aromatic nitrogens is 8. The molecule has 7 N–H and O–H groups in total. The highest BCUT2D eigenvalue weighted by atomic mass is 32.2. The van der Waals surface area contributed by atoms with Gasteiger partial charge in [-0.2, -0.15) is 24.5 Å². The number of nitriles is 1. The van der Waals surface area contributed by atoms with E-state index in [9.17, 15) is 27.3 Å². The maximum atomic E-state index is 13.0. The second-order valence-corrected chi connectivity index (χ2v) is 23.5. The summed E-state index contributed by atoms with van der Waals surface area (Å²) in [5, 5.41) is 30.8. The second-order valence-electron chi connectivity index (χ2n) is 19.6. The minimum Gasteiger partial charge on any atom is -0.408 e. The quantitative estimate of drug-likeness (QED) is 0.0415. The molecule has 2 unspecified atom stereocenters. The lowest BCUT2D eigenvalue weighted by Gasteiger charge is -2.39. The van der Waals surface area contributed by atoms with Crippen molar-refractivity contribution in [2.24, 2.45) is 10.9 Å². The van der Waals surface area contributed by atoms with Crippen LogP contribution in [0, 0.1) is 11.5 Å². The number of nitrogen functional groups attached to an aromatic ring is 2. The normalized spacial score (nSPS) is 21.7. The van der Waals surface area contributed by atoms with Gasteiger partial charge in [-0.25, -0.2) is 26.8 Å². The van der Waals surface area contributed by atoms with Crippen LogP contribution in [0.4, 0.5) is 11.6 Å². The molecular formula is C52H53N15O5S2. The zero-order valence-corrected chi connectivity index (χ0v) is 42.1. The number of nitrogens with two attached hydrogens (primary N) is 3. The van der Waals surface area contributed by atoms with Crippen LogP contribution < -0.4 is 17.2 Å². The topological polar surface area (TPSA) is 295 Å². The van der Waals surface area contributed by atoms with E-state index in [4.69, 9.17) is 27.2 Å². The van der Waals surface area contributed by atoms with Crippen LogP contribution in [-0.2, 0) is 19.7 Å². The molecule has 22 heteroatoms. The summed E-state index contributed by atoms with van der Waals surface area (Å²) in [6, 6.07) is 27.8. The Labute approximate surface area is 427 Å². The Morgan fingerprint density at radius 3 is 1.38 bits per heavy atom. The molecule has 0 aliphatic carbocycles. The molecule has 0 amide bonds. The Balaban J connectivity index is 0.000000159. The van der Waals surface area contributed by atoms with Gasteiger partial charge < -0.3 is 32.2 Å². The zero-order chi connectivity index (χ0) is 51.6. The smallest absolute Gasteiger partial charge is 0.233 e. The number of fused-ring (bicyclic) bond motifs is 6. The molecular weight excluding hydrogens is 979 g/mol. The third kappa shape index (κ3) is 8.54. The lowest BCUT2D eigenvalue weighted by molar-refractivity contribution is 0.195. The van der Waals surface area contributed by atoms with Crippen molar-refractivity contribution in [2.45, 2.75) is 97.2 Å². The first-order valence-electron chi connectivity index (χ1n) is 24.3. The SMILES string of the molecule is CS(=O)(=O)c1c(C2C[C@H]3CC[C@@H](C2)N3C#N)nc2c(-c3ccc(-c4ccccc4)nc3)cnn2c1N.CS(=O)(=O)c1c(C2C[C@H]3CC[C@@H](C2)N3C(N)=NO)nc2c(-c3ccc(-c4ccccc4)nc3)cnn2c1N. The van der Waals surface area contributed by atoms with Crippen LogP contribution in [0.1, 0.15) is 74.6 Å². The Hall–Kier alpha value is -8.16. The van der Waals surface area contributed by atoms with Crippen molar-refractivity contribution in [3.63, 3.8) is 0 Å². The highest BCUT2D eigenvalue weighted by molar-refractivity contribution is 7.91. The summed E-state index contributed by atoms with van der Waals surface area (Å²) in [5.41, 5.74) is 27.5. The Kier molecular flexibility index (Phi) is 12.2. The highest BCUT2D eigenvalue weighted by Crippen LogP contribution is 2.47. The number of rotatable bonds is 8. The van der Waals surface area contributed by atoms with E-state index in [1.807, 2.05) is 94.7 Å². The predicted molar refractivity (Wildman–Crippen MR) is 279 cm³/mol. The van der Waals surface area contributed by atoms with Crippen molar-refractivity contribution in [3.05, 3.63) is 121 Å². The second kappa shape index (κ2) is 18.7. The van der Waals surface area contributed by atoms with Crippen molar-refractivity contribution < 1.29 is 22.0 Å². The van der Waals surface area contributed by atoms with Gasteiger partial charge in [0.05, 0.1) is 35.2 Å². The van der Waals surface area contributed by atoms with Crippen LogP contribution in [0.2, 0.25) is 0 Å². The maximum Gasteiger partial charge on any atom is 0.233 e. The standard InChI is InChI=1S/C26H28N8O3S.C26H25N7O2S/c1-38(36,37)23-22(17-11-18-8-9-19(12-17)33(18)26(28)32-35)31-25-20(14-30-34(25)24(23)27)16-7-10-21(29-13-16)15-5-3-2-4-6-15;1-36(34,35)24-23(18-11-19-8-9-20(12-18)32(19)15-27)31-26-21(14-30-33(26)25(24)28)17-7-10-22(29-13-17)16-5-3-2-4-6-16/h2-7,10,13-14,17-19,35H,8-9,11-12,27H2,1H3,(H2,28,32);2-7,10,13-14,18-20H,8-9,11-12,28H2,1H3/t17?,18-,19+;18?,19-,20+. The van der Waals surface area contributed by atoms with Crippen molar-refractivity contribution in [1.29, 1.82) is 5.26 Å². The van der Waals surface area contributed by atoms with E-state index < -0.39 is 19.7 Å². The number of piperidine rings is 2. The van der Waals surface area contributed by atoms with Gasteiger partial charge in [0.2, 0.25) is 5.96 Å². The number of sulfone groups is 2. The van der Waals surface area contributed by atoms with Crippen LogP contribution in [0.5, 0.6) is 0 Å². The van der Waals surface area contributed by atoms with Crippen LogP contribution >= 0.6 is 0 Å². The van der Waals surface area contributed by atoms with Crippen LogP contribution in [0.15, 0.2) is 125 Å². The van der Waals surface area contributed by atoms with Crippen LogP contribution in [-0.4, -0.2) is 114 Å². The van der Waals surface area contributed by atoms with Gasteiger partial charge in [0, 0.05) is 94.3 Å². The molecule has 4 saturated heterocycles. The molecule has 0 saturated carbocycles. The average molecular weight is 1030 g/mol. The number of oxime groups is 1. The van der Waals surface area contributed by atoms with E-state index in [1.54, 1.807) is 24.8 Å². The fraction of sp³-hybridized carbons (Fsp3) is 0.308. The first-order valence-corrected chi connectivity index (χ1v) is 28.1. The monoisotopic (exact) mass is 1030 g/mol. The van der Waals surface area contributed by atoms with E-state index in [1.165, 1.54) is 9.03 Å². The van der Waals surface area contributed by atoms with Gasteiger partial charge in [0.1, 0.15) is 21.4 Å². The van der Waals surface area contributed by atoms with Crippen molar-refractivity contribution in [1.82, 2.24) is 49.0 Å². The van der Waals surface area contributed by atoms with E-state index in [0.29, 0.717) is 53.9 Å². The number of pyridine rings is 2. The predicted octanol–water partition coefficient (Wildman–Crippen LogP) is 6.49. The number of nitrogens with zero attached hydrogens (tertiary/aromatic N) is 12. The molecule has 378 valence electrons. The van der Waals surface area contributed by atoms with E-state index in [2.05, 4.69) is 31.5 Å². The molecule has 6 atom stereocenters. The largest absolute Gasteiger partial charge is 0.408 e. The summed E-state index contributed by atoms with van der Waals surface area (Å²) < 4.78 is 54.4. The first-order chi connectivity index (χ1) is 35.6. The molecule has 2 aromatic carbocycles. The van der Waals surface area contributed by atoms with Gasteiger partial charge in [0.15, 0.2) is 37.2 Å². The van der Waals surface area contributed by atoms with Gasteiger partial charge >= 0.3 is 0 Å². The van der Waals surface area contributed by atoms with Crippen LogP contribution in [0.25, 0.3) is 56.1 Å². The minimum atomic E-state index is -3.71. The van der Waals surface area contributed by atoms with Crippen LogP contribution in [0.3, 0.4) is 0 Å². The van der Waals surface area contributed by atoms with Gasteiger partial charge in [-0.3, -0.25) is 9.97 Å². The number of benzene rings is 2. The van der Waals surface area contributed by atoms with E-state index >= 15 is 0 Å². The van der Waals surface area contributed by atoms with Crippen molar-refractivity contribution >= 4 is 48.6 Å². The summed E-state index contributed by atoms with van der Waals surface area (Å²) >= 11 is 0. The minimum absolute atomic E-state index is 0.0128. The van der Waals surface area contributed by atoms with Gasteiger partial charge in [-0.05, 0) is 63.5 Å². The molecule has 74 heavy (non-hydrogen) atoms. The number of anilines is 2. The lowest BCUT2D eigenvalue weighted by atomic mass is 9.88. The summed E-state index contributed by atoms with van der Waals surface area (Å²) in [5.74, 6) is -0.0719. The molecule has 4 aliphatic rings. The van der Waals surface area contributed by atoms with Gasteiger partial charge in [-0.15, -0.1) is 0 Å². The molecule has 4 bridgehead atoms. The molecule has 6 aromatic heterocycles. The number of guanidine groups is 1. The third-order valence-electron chi connectivity index (χ3n) is 15.1. The zero-order valence-electron chi connectivity index (χ0n) is 40.5. The fourth-order valence-corrected chi connectivity index (χ4v) is 13.9. The van der Waals surface area contributed by atoms with Gasteiger partial charge in [0.25, 0.3) is 0 Å². The molecule has 4 aliphatic heterocycles. The van der Waals surface area contributed by atoms with Crippen molar-refractivity contribution in [3.8, 4) is 51.0 Å². The lowest BCUT2D eigenvalue weighted by Crippen LogP contribution is -2.49. The Morgan fingerprint density at radius 1 is 0.608 bits per heavy atom. The average Bonchev–Trinajstić information content (AvgIpc) is 4.18. The van der Waals surface area contributed by atoms with E-state index in [-0.39, 0.29) is 63.4 Å². The molecule has 12 rings (SSSR count). The fourth-order valence-electron chi connectivity index (χ4n) is 11.8. The van der Waals surface area contributed by atoms with Crippen molar-refractivity contribution in [2.75, 3.05) is 24.0 Å². The van der Waals surface area contributed by atoms with Gasteiger partial charge in [-0.1, -0.05) is 78.0 Å². The molecule has 4 fully saturated rings. The summed E-state index contributed by atoms with van der Waals surface area (Å²) in [4.78, 5) is 22.9. The van der Waals surface area contributed by atoms with E-state index in [0.717, 1.165) is 77.4 Å². The third-order valence-corrected chi connectivity index (χ3v) is 17.4. The number of hydrogen-bond acceptors (Lipinski definition) is 16. The maximum absolute atomic E-state index is 13.0. The summed E-state index contributed by atoms with van der Waals surface area (Å²) in [7, 11) is -7.38. The summed E-state index contributed by atoms with van der Waals surface area (Å²) in [6.07, 6.45) is 17.6. The summed E-state index contributed by atoms with van der Waals surface area (Å²) in [6.45, 7) is 0. The number of hydrogen-bond donors (Lipinski definition) is 4.